The Kier molecular flexibility index (Phi) is 5.25. The molecule has 1 aliphatic rings. The van der Waals surface area contributed by atoms with Crippen molar-refractivity contribution in [3.05, 3.63) is 58.0 Å². The van der Waals surface area contributed by atoms with Crippen LogP contribution in [0.4, 0.5) is 16.2 Å². The number of ether oxygens (including phenoxy) is 2. The molecule has 0 radical (unpaired) electrons. The van der Waals surface area contributed by atoms with Crippen molar-refractivity contribution in [2.45, 2.75) is 13.5 Å². The van der Waals surface area contributed by atoms with Crippen LogP contribution in [0, 0.1) is 6.92 Å². The van der Waals surface area contributed by atoms with E-state index in [0.29, 0.717) is 27.9 Å². The number of rotatable bonds is 5. The van der Waals surface area contributed by atoms with E-state index in [4.69, 9.17) is 9.47 Å². The van der Waals surface area contributed by atoms with E-state index in [1.54, 1.807) is 18.2 Å². The molecule has 1 aliphatic heterocycles. The third-order valence-corrected chi connectivity index (χ3v) is 4.92. The fraction of sp³-hybridized carbons (Fsp3) is 0.158. The lowest BCUT2D eigenvalue weighted by atomic mass is 10.2. The molecule has 0 atom stereocenters. The number of hydrogen-bond donors (Lipinski definition) is 3. The number of hydrogen-bond acceptors (Lipinski definition) is 7. The van der Waals surface area contributed by atoms with Crippen LogP contribution in [0.25, 0.3) is 0 Å². The van der Waals surface area contributed by atoms with Crippen molar-refractivity contribution in [1.82, 2.24) is 15.5 Å². The van der Waals surface area contributed by atoms with Gasteiger partial charge in [-0.1, -0.05) is 29.0 Å². The Morgan fingerprint density at radius 2 is 1.76 bits per heavy atom. The second-order valence-electron chi connectivity index (χ2n) is 6.20. The van der Waals surface area contributed by atoms with E-state index < -0.39 is 5.91 Å². The van der Waals surface area contributed by atoms with Gasteiger partial charge in [-0.25, -0.2) is 4.79 Å². The van der Waals surface area contributed by atoms with E-state index in [9.17, 15) is 9.59 Å². The summed E-state index contributed by atoms with van der Waals surface area (Å²) in [6, 6.07) is 12.2. The molecule has 4 rings (SSSR count). The maximum atomic E-state index is 12.4. The zero-order valence-corrected chi connectivity index (χ0v) is 16.2. The van der Waals surface area contributed by atoms with Gasteiger partial charge in [0.2, 0.25) is 11.8 Å². The molecule has 2 aromatic carbocycles. The van der Waals surface area contributed by atoms with E-state index in [1.165, 1.54) is 0 Å². The summed E-state index contributed by atoms with van der Waals surface area (Å²) in [5.41, 5.74) is 2.36. The highest BCUT2D eigenvalue weighted by molar-refractivity contribution is 7.13. The molecular formula is C19H17N5O4S. The fourth-order valence-electron chi connectivity index (χ4n) is 2.54. The van der Waals surface area contributed by atoms with Gasteiger partial charge in [-0.2, -0.15) is 0 Å². The quantitative estimate of drug-likeness (QED) is 0.594. The minimum atomic E-state index is -0.392. The van der Waals surface area contributed by atoms with Crippen molar-refractivity contribution in [2.75, 3.05) is 17.4 Å². The first kappa shape index (κ1) is 18.7. The van der Waals surface area contributed by atoms with Crippen LogP contribution in [0.5, 0.6) is 11.5 Å². The number of nitrogens with one attached hydrogen (secondary N) is 3. The molecule has 0 saturated heterocycles. The zero-order chi connectivity index (χ0) is 20.2. The number of anilines is 2. The third kappa shape index (κ3) is 4.61. The second-order valence-corrected chi connectivity index (χ2v) is 7.26. The van der Waals surface area contributed by atoms with Crippen molar-refractivity contribution in [3.8, 4) is 11.5 Å². The lowest BCUT2D eigenvalue weighted by molar-refractivity contribution is 0.102. The highest BCUT2D eigenvalue weighted by atomic mass is 32.1. The van der Waals surface area contributed by atoms with Gasteiger partial charge in [0.05, 0.1) is 6.54 Å². The third-order valence-electron chi connectivity index (χ3n) is 4.00. The number of nitrogens with zero attached hydrogens (tertiary/aromatic N) is 2. The Hall–Kier alpha value is -3.66. The maximum absolute atomic E-state index is 12.4. The summed E-state index contributed by atoms with van der Waals surface area (Å²) in [6.45, 7) is 2.29. The van der Waals surface area contributed by atoms with Gasteiger partial charge in [-0.3, -0.25) is 4.79 Å². The molecule has 0 fully saturated rings. The average molecular weight is 411 g/mol. The van der Waals surface area contributed by atoms with Crippen LogP contribution in [0.2, 0.25) is 0 Å². The highest BCUT2D eigenvalue weighted by Crippen LogP contribution is 2.34. The van der Waals surface area contributed by atoms with Crippen molar-refractivity contribution >= 4 is 34.6 Å². The molecule has 3 N–H and O–H groups in total. The van der Waals surface area contributed by atoms with Gasteiger partial charge in [-0.15, -0.1) is 10.2 Å². The first-order chi connectivity index (χ1) is 14.1. The fourth-order valence-corrected chi connectivity index (χ4v) is 3.22. The summed E-state index contributed by atoms with van der Waals surface area (Å²) in [4.78, 5) is 24.3. The SMILES string of the molecule is Cc1ccc(NC(=O)NCc2nnc(C(=O)Nc3ccc4c(c3)OCO4)s2)cc1. The van der Waals surface area contributed by atoms with Crippen LogP contribution in [0.15, 0.2) is 42.5 Å². The van der Waals surface area contributed by atoms with E-state index >= 15 is 0 Å². The number of carbonyl (C=O) groups is 2. The van der Waals surface area contributed by atoms with E-state index in [1.807, 2.05) is 31.2 Å². The lowest BCUT2D eigenvalue weighted by Crippen LogP contribution is -2.28. The number of aromatic nitrogens is 2. The van der Waals surface area contributed by atoms with Crippen LogP contribution in [-0.2, 0) is 6.54 Å². The Morgan fingerprint density at radius 1 is 1.00 bits per heavy atom. The second kappa shape index (κ2) is 8.15. The molecule has 3 amide bonds. The first-order valence-electron chi connectivity index (χ1n) is 8.72. The monoisotopic (exact) mass is 411 g/mol. The Balaban J connectivity index is 1.30. The molecule has 2 heterocycles. The summed E-state index contributed by atoms with van der Waals surface area (Å²) >= 11 is 1.10. The molecule has 0 bridgehead atoms. The average Bonchev–Trinajstić information content (AvgIpc) is 3.37. The minimum absolute atomic E-state index is 0.159. The minimum Gasteiger partial charge on any atom is -0.454 e. The van der Waals surface area contributed by atoms with Crippen molar-refractivity contribution < 1.29 is 19.1 Å². The topological polar surface area (TPSA) is 114 Å². The molecule has 10 heteroatoms. The molecule has 9 nitrogen and oxygen atoms in total. The Bertz CT molecular complexity index is 1050. The maximum Gasteiger partial charge on any atom is 0.319 e. The lowest BCUT2D eigenvalue weighted by Gasteiger charge is -2.06. The molecule has 0 spiro atoms. The summed E-state index contributed by atoms with van der Waals surface area (Å²) in [5, 5.41) is 16.7. The molecule has 29 heavy (non-hydrogen) atoms. The number of urea groups is 1. The molecule has 0 aliphatic carbocycles. The number of aryl methyl sites for hydroxylation is 1. The number of amides is 3. The van der Waals surface area contributed by atoms with E-state index in [0.717, 1.165) is 16.9 Å². The predicted octanol–water partition coefficient (Wildman–Crippen LogP) is 3.15. The summed E-state index contributed by atoms with van der Waals surface area (Å²) in [5.74, 6) is 0.817. The van der Waals surface area contributed by atoms with Crippen LogP contribution < -0.4 is 25.4 Å². The smallest absolute Gasteiger partial charge is 0.319 e. The normalized spacial score (nSPS) is 11.8. The van der Waals surface area contributed by atoms with Crippen molar-refractivity contribution in [2.24, 2.45) is 0 Å². The van der Waals surface area contributed by atoms with Crippen molar-refractivity contribution in [1.29, 1.82) is 0 Å². The standard InChI is InChI=1S/C19H17N5O4S/c1-11-2-4-12(5-3-11)22-19(26)20-9-16-23-24-18(29-16)17(25)21-13-6-7-14-15(8-13)28-10-27-14/h2-8H,9-10H2,1H3,(H,21,25)(H2,20,22,26). The zero-order valence-electron chi connectivity index (χ0n) is 15.4. The van der Waals surface area contributed by atoms with Gasteiger partial charge in [0, 0.05) is 17.4 Å². The number of fused-ring (bicyclic) bond motifs is 1. The molecule has 1 aromatic heterocycles. The molecule has 3 aromatic rings. The molecular weight excluding hydrogens is 394 g/mol. The van der Waals surface area contributed by atoms with Crippen LogP contribution in [-0.4, -0.2) is 28.9 Å². The predicted molar refractivity (Wildman–Crippen MR) is 107 cm³/mol. The van der Waals surface area contributed by atoms with Gasteiger partial charge < -0.3 is 25.4 Å². The summed E-state index contributed by atoms with van der Waals surface area (Å²) in [6.07, 6.45) is 0. The van der Waals surface area contributed by atoms with Gasteiger partial charge in [-0.05, 0) is 31.2 Å². The molecule has 0 saturated carbocycles. The first-order valence-corrected chi connectivity index (χ1v) is 9.53. The van der Waals surface area contributed by atoms with Crippen LogP contribution in [0.3, 0.4) is 0 Å². The Labute approximate surface area is 170 Å². The number of benzene rings is 2. The van der Waals surface area contributed by atoms with Crippen LogP contribution in [0.1, 0.15) is 20.4 Å². The number of carbonyl (C=O) groups excluding carboxylic acids is 2. The summed E-state index contributed by atoms with van der Waals surface area (Å²) < 4.78 is 10.5. The van der Waals surface area contributed by atoms with Crippen LogP contribution >= 0.6 is 11.3 Å². The van der Waals surface area contributed by atoms with Gasteiger partial charge >= 0.3 is 6.03 Å². The molecule has 0 unspecified atom stereocenters. The summed E-state index contributed by atoms with van der Waals surface area (Å²) in [7, 11) is 0. The Morgan fingerprint density at radius 3 is 2.59 bits per heavy atom. The van der Waals surface area contributed by atoms with E-state index in [2.05, 4.69) is 26.1 Å². The van der Waals surface area contributed by atoms with Crippen molar-refractivity contribution in [3.63, 3.8) is 0 Å². The highest BCUT2D eigenvalue weighted by Gasteiger charge is 2.17. The van der Waals surface area contributed by atoms with E-state index in [-0.39, 0.29) is 24.4 Å². The van der Waals surface area contributed by atoms with Gasteiger partial charge in [0.15, 0.2) is 11.5 Å². The van der Waals surface area contributed by atoms with Gasteiger partial charge in [0.1, 0.15) is 5.01 Å². The molecule has 148 valence electrons. The largest absolute Gasteiger partial charge is 0.454 e. The van der Waals surface area contributed by atoms with Gasteiger partial charge in [0.25, 0.3) is 5.91 Å².